The first kappa shape index (κ1) is 13.6. The van der Waals surface area contributed by atoms with E-state index >= 15 is 0 Å². The molecule has 2 N–H and O–H groups in total. The van der Waals surface area contributed by atoms with E-state index in [0.29, 0.717) is 6.10 Å². The lowest BCUT2D eigenvalue weighted by atomic mass is 9.88. The van der Waals surface area contributed by atoms with Crippen LogP contribution in [0.15, 0.2) is 24.3 Å². The van der Waals surface area contributed by atoms with Crippen molar-refractivity contribution >= 4 is 0 Å². The van der Waals surface area contributed by atoms with Crippen molar-refractivity contribution in [2.75, 3.05) is 6.54 Å². The predicted octanol–water partition coefficient (Wildman–Crippen LogP) is 3.28. The maximum atomic E-state index is 6.06. The third kappa shape index (κ3) is 3.82. The second-order valence-corrected chi connectivity index (χ2v) is 5.47. The predicted molar refractivity (Wildman–Crippen MR) is 75.4 cm³/mol. The molecule has 1 aliphatic rings. The van der Waals surface area contributed by atoms with Gasteiger partial charge in [0, 0.05) is 0 Å². The SMILES string of the molecule is CC1CCCCC1OCc1ccc(CCN)cc1. The highest BCUT2D eigenvalue weighted by atomic mass is 16.5. The molecule has 0 amide bonds. The van der Waals surface area contributed by atoms with E-state index in [1.54, 1.807) is 0 Å². The number of ether oxygens (including phenoxy) is 1. The fourth-order valence-corrected chi connectivity index (χ4v) is 2.70. The van der Waals surface area contributed by atoms with Crippen LogP contribution >= 0.6 is 0 Å². The molecule has 2 unspecified atom stereocenters. The van der Waals surface area contributed by atoms with E-state index < -0.39 is 0 Å². The minimum atomic E-state index is 0.461. The number of rotatable bonds is 5. The molecule has 2 atom stereocenters. The molecule has 0 aromatic heterocycles. The first-order chi connectivity index (χ1) is 8.79. The Bertz CT molecular complexity index is 347. The standard InChI is InChI=1S/C16H25NO/c1-13-4-2-3-5-16(13)18-12-15-8-6-14(7-9-15)10-11-17/h6-9,13,16H,2-5,10-12,17H2,1H3. The minimum Gasteiger partial charge on any atom is -0.373 e. The maximum absolute atomic E-state index is 6.06. The zero-order chi connectivity index (χ0) is 12.8. The van der Waals surface area contributed by atoms with Crippen molar-refractivity contribution in [1.82, 2.24) is 0 Å². The molecule has 2 nitrogen and oxygen atoms in total. The first-order valence-corrected chi connectivity index (χ1v) is 7.19. The van der Waals surface area contributed by atoms with Gasteiger partial charge in [-0.1, -0.05) is 44.0 Å². The van der Waals surface area contributed by atoms with E-state index in [1.807, 2.05) is 0 Å². The molecule has 2 heteroatoms. The van der Waals surface area contributed by atoms with Crippen molar-refractivity contribution in [1.29, 1.82) is 0 Å². The van der Waals surface area contributed by atoms with Crippen molar-refractivity contribution in [3.63, 3.8) is 0 Å². The van der Waals surface area contributed by atoms with Gasteiger partial charge < -0.3 is 10.5 Å². The summed E-state index contributed by atoms with van der Waals surface area (Å²) in [6.07, 6.45) is 6.66. The number of hydrogen-bond acceptors (Lipinski definition) is 2. The van der Waals surface area contributed by atoms with Gasteiger partial charge in [-0.15, -0.1) is 0 Å². The molecule has 0 radical (unpaired) electrons. The Labute approximate surface area is 111 Å². The third-order valence-corrected chi connectivity index (χ3v) is 3.95. The Hall–Kier alpha value is -0.860. The van der Waals surface area contributed by atoms with E-state index in [0.717, 1.165) is 25.5 Å². The fraction of sp³-hybridized carbons (Fsp3) is 0.625. The first-order valence-electron chi connectivity index (χ1n) is 7.19. The lowest BCUT2D eigenvalue weighted by molar-refractivity contribution is -0.0154. The molecule has 1 aromatic rings. The van der Waals surface area contributed by atoms with Gasteiger partial charge in [-0.05, 0) is 42.9 Å². The average Bonchev–Trinajstić information content (AvgIpc) is 2.40. The average molecular weight is 247 g/mol. The van der Waals surface area contributed by atoms with Gasteiger partial charge in [-0.3, -0.25) is 0 Å². The largest absolute Gasteiger partial charge is 0.373 e. The summed E-state index contributed by atoms with van der Waals surface area (Å²) in [5.41, 5.74) is 8.13. The van der Waals surface area contributed by atoms with Gasteiger partial charge in [-0.25, -0.2) is 0 Å². The maximum Gasteiger partial charge on any atom is 0.0720 e. The Morgan fingerprint density at radius 3 is 2.44 bits per heavy atom. The van der Waals surface area contributed by atoms with Gasteiger partial charge >= 0.3 is 0 Å². The number of benzene rings is 1. The molecule has 1 aliphatic carbocycles. The van der Waals surface area contributed by atoms with Crippen molar-refractivity contribution in [3.05, 3.63) is 35.4 Å². The van der Waals surface area contributed by atoms with Crippen LogP contribution in [0.2, 0.25) is 0 Å². The van der Waals surface area contributed by atoms with E-state index in [4.69, 9.17) is 10.5 Å². The van der Waals surface area contributed by atoms with Crippen molar-refractivity contribution in [2.24, 2.45) is 11.7 Å². The number of nitrogens with two attached hydrogens (primary N) is 1. The van der Waals surface area contributed by atoms with Gasteiger partial charge in [0.15, 0.2) is 0 Å². The highest BCUT2D eigenvalue weighted by Crippen LogP contribution is 2.27. The van der Waals surface area contributed by atoms with Crippen molar-refractivity contribution in [3.8, 4) is 0 Å². The van der Waals surface area contributed by atoms with Crippen LogP contribution in [-0.2, 0) is 17.8 Å². The van der Waals surface area contributed by atoms with E-state index in [9.17, 15) is 0 Å². The summed E-state index contributed by atoms with van der Waals surface area (Å²) in [6, 6.07) is 8.66. The quantitative estimate of drug-likeness (QED) is 0.866. The molecule has 0 bridgehead atoms. The summed E-state index contributed by atoms with van der Waals surface area (Å²) >= 11 is 0. The lowest BCUT2D eigenvalue weighted by Crippen LogP contribution is -2.25. The van der Waals surface area contributed by atoms with Gasteiger partial charge in [0.05, 0.1) is 12.7 Å². The van der Waals surface area contributed by atoms with Gasteiger partial charge in [-0.2, -0.15) is 0 Å². The summed E-state index contributed by atoms with van der Waals surface area (Å²) in [7, 11) is 0. The Balaban J connectivity index is 1.82. The van der Waals surface area contributed by atoms with Crippen molar-refractivity contribution in [2.45, 2.75) is 51.7 Å². The van der Waals surface area contributed by atoms with Crippen LogP contribution in [-0.4, -0.2) is 12.6 Å². The summed E-state index contributed by atoms with van der Waals surface area (Å²) in [5, 5.41) is 0. The molecule has 100 valence electrons. The van der Waals surface area contributed by atoms with E-state index in [2.05, 4.69) is 31.2 Å². The lowest BCUT2D eigenvalue weighted by Gasteiger charge is -2.28. The topological polar surface area (TPSA) is 35.2 Å². The summed E-state index contributed by atoms with van der Waals surface area (Å²) < 4.78 is 6.06. The van der Waals surface area contributed by atoms with Crippen molar-refractivity contribution < 1.29 is 4.74 Å². The van der Waals surface area contributed by atoms with Crippen LogP contribution in [0.3, 0.4) is 0 Å². The third-order valence-electron chi connectivity index (χ3n) is 3.95. The highest BCUT2D eigenvalue weighted by molar-refractivity contribution is 5.22. The van der Waals surface area contributed by atoms with E-state index in [-0.39, 0.29) is 0 Å². The molecule has 0 heterocycles. The van der Waals surface area contributed by atoms with Gasteiger partial charge in [0.2, 0.25) is 0 Å². The van der Waals surface area contributed by atoms with Crippen LogP contribution in [0.25, 0.3) is 0 Å². The van der Waals surface area contributed by atoms with Crippen LogP contribution in [0.5, 0.6) is 0 Å². The summed E-state index contributed by atoms with van der Waals surface area (Å²) in [5.74, 6) is 0.718. The molecule has 0 aliphatic heterocycles. The molecule has 18 heavy (non-hydrogen) atoms. The molecule has 1 aromatic carbocycles. The van der Waals surface area contributed by atoms with Crippen LogP contribution in [0, 0.1) is 5.92 Å². The second-order valence-electron chi connectivity index (χ2n) is 5.47. The molecule has 0 saturated heterocycles. The molecular weight excluding hydrogens is 222 g/mol. The zero-order valence-electron chi connectivity index (χ0n) is 11.4. The smallest absolute Gasteiger partial charge is 0.0720 e. The summed E-state index contributed by atoms with van der Waals surface area (Å²) in [4.78, 5) is 0. The Morgan fingerprint density at radius 1 is 1.11 bits per heavy atom. The molecule has 2 rings (SSSR count). The number of hydrogen-bond donors (Lipinski definition) is 1. The van der Waals surface area contributed by atoms with Crippen LogP contribution in [0.1, 0.15) is 43.7 Å². The second kappa shape index (κ2) is 6.91. The Kier molecular flexibility index (Phi) is 5.21. The fourth-order valence-electron chi connectivity index (χ4n) is 2.70. The normalized spacial score (nSPS) is 24.1. The molecule has 0 spiro atoms. The molecule has 1 saturated carbocycles. The summed E-state index contributed by atoms with van der Waals surface area (Å²) in [6.45, 7) is 3.78. The molecule has 1 fully saturated rings. The van der Waals surface area contributed by atoms with Crippen LogP contribution in [0.4, 0.5) is 0 Å². The minimum absolute atomic E-state index is 0.461. The zero-order valence-corrected chi connectivity index (χ0v) is 11.4. The van der Waals surface area contributed by atoms with Crippen LogP contribution < -0.4 is 5.73 Å². The van der Waals surface area contributed by atoms with Gasteiger partial charge in [0.1, 0.15) is 0 Å². The van der Waals surface area contributed by atoms with Gasteiger partial charge in [0.25, 0.3) is 0 Å². The monoisotopic (exact) mass is 247 g/mol. The highest BCUT2D eigenvalue weighted by Gasteiger charge is 2.21. The molecular formula is C16H25NO. The Morgan fingerprint density at radius 2 is 1.78 bits per heavy atom. The van der Waals surface area contributed by atoms with E-state index in [1.165, 1.54) is 36.8 Å².